The second-order valence-electron chi connectivity index (χ2n) is 6.65. The van der Waals surface area contributed by atoms with Gasteiger partial charge in [-0.05, 0) is 19.8 Å². The van der Waals surface area contributed by atoms with Gasteiger partial charge in [-0.15, -0.1) is 24.0 Å². The summed E-state index contributed by atoms with van der Waals surface area (Å²) in [5, 5.41) is 13.9. The largest absolute Gasteiger partial charge is 0.396 e. The van der Waals surface area contributed by atoms with Crippen LogP contribution in [0.15, 0.2) is 4.99 Å². The van der Waals surface area contributed by atoms with Crippen LogP contribution in [-0.2, 0) is 6.42 Å². The van der Waals surface area contributed by atoms with Crippen molar-refractivity contribution in [1.82, 2.24) is 19.6 Å². The first kappa shape index (κ1) is 20.6. The quantitative estimate of drug-likeness (QED) is 0.366. The maximum atomic E-state index is 9.47. The van der Waals surface area contributed by atoms with E-state index in [4.69, 9.17) is 4.99 Å². The average Bonchev–Trinajstić information content (AvgIpc) is 3.25. The van der Waals surface area contributed by atoms with Crippen LogP contribution >= 0.6 is 35.5 Å². The monoisotopic (exact) mass is 480 g/mol. The third-order valence-electron chi connectivity index (χ3n) is 4.81. The minimum absolute atomic E-state index is 0. The highest BCUT2D eigenvalue weighted by Gasteiger charge is 2.42. The Morgan fingerprint density at radius 1 is 1.28 bits per heavy atom. The summed E-state index contributed by atoms with van der Waals surface area (Å²) in [5.74, 6) is 1.91. The number of halogens is 1. The summed E-state index contributed by atoms with van der Waals surface area (Å²) in [7, 11) is 0. The van der Waals surface area contributed by atoms with Gasteiger partial charge in [0.15, 0.2) is 5.96 Å². The molecule has 1 aliphatic heterocycles. The number of hydrogen-bond acceptors (Lipinski definition) is 6. The SMILES string of the molecule is CCNC(=NCC1(CO)CC1)N1CCN(c2nc(CC)ns2)CC1.I. The van der Waals surface area contributed by atoms with E-state index < -0.39 is 0 Å². The number of piperazine rings is 1. The van der Waals surface area contributed by atoms with Crippen molar-refractivity contribution in [2.24, 2.45) is 10.4 Å². The lowest BCUT2D eigenvalue weighted by Crippen LogP contribution is -2.52. The van der Waals surface area contributed by atoms with Gasteiger partial charge in [-0.2, -0.15) is 4.37 Å². The summed E-state index contributed by atoms with van der Waals surface area (Å²) in [6.07, 6.45) is 3.08. The van der Waals surface area contributed by atoms with Crippen LogP contribution in [0.3, 0.4) is 0 Å². The smallest absolute Gasteiger partial charge is 0.205 e. The Morgan fingerprint density at radius 2 is 2.00 bits per heavy atom. The molecule has 0 radical (unpaired) electrons. The highest BCUT2D eigenvalue weighted by molar-refractivity contribution is 14.0. The van der Waals surface area contributed by atoms with Gasteiger partial charge in [0.2, 0.25) is 5.13 Å². The molecule has 0 bridgehead atoms. The molecule has 7 nitrogen and oxygen atoms in total. The predicted molar refractivity (Wildman–Crippen MR) is 113 cm³/mol. The van der Waals surface area contributed by atoms with E-state index in [2.05, 4.69) is 38.3 Å². The second kappa shape index (κ2) is 9.31. The number of rotatable bonds is 6. The molecule has 2 N–H and O–H groups in total. The molecular formula is C16H29IN6OS. The van der Waals surface area contributed by atoms with Crippen LogP contribution in [0, 0.1) is 5.41 Å². The van der Waals surface area contributed by atoms with E-state index in [-0.39, 0.29) is 36.0 Å². The molecule has 2 aliphatic rings. The molecule has 1 aliphatic carbocycles. The molecule has 25 heavy (non-hydrogen) atoms. The number of aromatic nitrogens is 2. The maximum absolute atomic E-state index is 9.47. The summed E-state index contributed by atoms with van der Waals surface area (Å²) >= 11 is 1.50. The van der Waals surface area contributed by atoms with Crippen LogP contribution in [0.2, 0.25) is 0 Å². The van der Waals surface area contributed by atoms with E-state index in [1.54, 1.807) is 0 Å². The normalized spacial score (nSPS) is 19.6. The summed E-state index contributed by atoms with van der Waals surface area (Å²) in [6.45, 7) is 9.75. The summed E-state index contributed by atoms with van der Waals surface area (Å²) in [5.41, 5.74) is 0.0611. The van der Waals surface area contributed by atoms with E-state index in [9.17, 15) is 5.11 Å². The maximum Gasteiger partial charge on any atom is 0.205 e. The van der Waals surface area contributed by atoms with Gasteiger partial charge in [0, 0.05) is 56.1 Å². The highest BCUT2D eigenvalue weighted by Crippen LogP contribution is 2.45. The van der Waals surface area contributed by atoms with E-state index in [1.165, 1.54) is 11.5 Å². The van der Waals surface area contributed by atoms with Gasteiger partial charge in [0.25, 0.3) is 0 Å². The van der Waals surface area contributed by atoms with Gasteiger partial charge in [-0.3, -0.25) is 4.99 Å². The van der Waals surface area contributed by atoms with Crippen LogP contribution in [0.1, 0.15) is 32.5 Å². The third kappa shape index (κ3) is 5.16. The number of anilines is 1. The fourth-order valence-corrected chi connectivity index (χ4v) is 3.64. The van der Waals surface area contributed by atoms with Crippen molar-refractivity contribution in [3.8, 4) is 0 Å². The molecule has 0 aromatic carbocycles. The van der Waals surface area contributed by atoms with Crippen molar-refractivity contribution in [3.05, 3.63) is 5.82 Å². The molecule has 2 fully saturated rings. The average molecular weight is 480 g/mol. The fraction of sp³-hybridized carbons (Fsp3) is 0.812. The summed E-state index contributed by atoms with van der Waals surface area (Å²) < 4.78 is 4.38. The van der Waals surface area contributed by atoms with Gasteiger partial charge >= 0.3 is 0 Å². The Labute approximate surface area is 171 Å². The molecule has 1 saturated carbocycles. The van der Waals surface area contributed by atoms with Crippen LogP contribution in [-0.4, -0.2) is 71.2 Å². The predicted octanol–water partition coefficient (Wildman–Crippen LogP) is 1.58. The summed E-state index contributed by atoms with van der Waals surface area (Å²) in [6, 6.07) is 0. The molecule has 1 saturated heterocycles. The van der Waals surface area contributed by atoms with E-state index in [0.717, 1.165) is 75.4 Å². The Bertz CT molecular complexity index is 569. The minimum Gasteiger partial charge on any atom is -0.396 e. The molecule has 142 valence electrons. The topological polar surface area (TPSA) is 76.9 Å². The van der Waals surface area contributed by atoms with Gasteiger partial charge in [-0.1, -0.05) is 6.92 Å². The zero-order valence-corrected chi connectivity index (χ0v) is 18.2. The van der Waals surface area contributed by atoms with Gasteiger partial charge in [0.1, 0.15) is 5.82 Å². The van der Waals surface area contributed by atoms with Crippen molar-refractivity contribution in [1.29, 1.82) is 0 Å². The van der Waals surface area contributed by atoms with Crippen LogP contribution < -0.4 is 10.2 Å². The lowest BCUT2D eigenvalue weighted by molar-refractivity contribution is 0.216. The number of aliphatic imine (C=N–C) groups is 1. The molecule has 1 aromatic rings. The molecule has 0 spiro atoms. The molecule has 3 rings (SSSR count). The standard InChI is InChI=1S/C16H28N6OS.HI/c1-3-13-19-15(24-20-13)22-9-7-21(8-10-22)14(17-4-2)18-11-16(12-23)5-6-16;/h23H,3-12H2,1-2H3,(H,17,18);1H. The number of aryl methyl sites for hydroxylation is 1. The van der Waals surface area contributed by atoms with Crippen molar-refractivity contribution in [2.45, 2.75) is 33.1 Å². The molecule has 9 heteroatoms. The van der Waals surface area contributed by atoms with Crippen molar-refractivity contribution in [2.75, 3.05) is 50.8 Å². The molecule has 1 aromatic heterocycles. The zero-order chi connectivity index (χ0) is 17.0. The van der Waals surface area contributed by atoms with Crippen LogP contribution in [0.25, 0.3) is 0 Å². The lowest BCUT2D eigenvalue weighted by atomic mass is 10.1. The Morgan fingerprint density at radius 3 is 2.52 bits per heavy atom. The number of guanidine groups is 1. The van der Waals surface area contributed by atoms with Gasteiger partial charge < -0.3 is 20.2 Å². The van der Waals surface area contributed by atoms with E-state index in [1.807, 2.05) is 0 Å². The van der Waals surface area contributed by atoms with Crippen LogP contribution in [0.5, 0.6) is 0 Å². The number of nitrogens with zero attached hydrogens (tertiary/aromatic N) is 5. The zero-order valence-electron chi connectivity index (χ0n) is 15.1. The highest BCUT2D eigenvalue weighted by atomic mass is 127. The molecule has 2 heterocycles. The summed E-state index contributed by atoms with van der Waals surface area (Å²) in [4.78, 5) is 14.0. The van der Waals surface area contributed by atoms with E-state index in [0.29, 0.717) is 0 Å². The van der Waals surface area contributed by atoms with Crippen LogP contribution in [0.4, 0.5) is 5.13 Å². The first-order valence-electron chi connectivity index (χ1n) is 8.91. The number of nitrogens with one attached hydrogen (secondary N) is 1. The second-order valence-corrected chi connectivity index (χ2v) is 7.38. The Hall–Kier alpha value is -0.680. The van der Waals surface area contributed by atoms with E-state index >= 15 is 0 Å². The van der Waals surface area contributed by atoms with Crippen molar-refractivity contribution < 1.29 is 5.11 Å². The minimum atomic E-state index is 0. The number of aliphatic hydroxyl groups excluding tert-OH is 1. The lowest BCUT2D eigenvalue weighted by Gasteiger charge is -2.36. The molecule has 0 unspecified atom stereocenters. The fourth-order valence-electron chi connectivity index (χ4n) is 2.84. The van der Waals surface area contributed by atoms with Crippen molar-refractivity contribution >= 4 is 46.6 Å². The molecular weight excluding hydrogens is 451 g/mol. The van der Waals surface area contributed by atoms with Crippen molar-refractivity contribution in [3.63, 3.8) is 0 Å². The molecule has 0 amide bonds. The molecule has 0 atom stereocenters. The number of hydrogen-bond donors (Lipinski definition) is 2. The first-order chi connectivity index (χ1) is 11.7. The Kier molecular flexibility index (Phi) is 7.68. The van der Waals surface area contributed by atoms with Gasteiger partial charge in [0.05, 0.1) is 13.2 Å². The Balaban J connectivity index is 0.00000225. The first-order valence-corrected chi connectivity index (χ1v) is 9.68. The number of aliphatic hydroxyl groups is 1. The van der Waals surface area contributed by atoms with Gasteiger partial charge in [-0.25, -0.2) is 4.98 Å². The third-order valence-corrected chi connectivity index (χ3v) is 5.63.